The molecular formula is C12H10ClN5. The molecule has 0 spiro atoms. The Hall–Kier alpha value is -2.11. The van der Waals surface area contributed by atoms with Crippen LogP contribution in [0.1, 0.15) is 0 Å². The lowest BCUT2D eigenvalue weighted by Gasteiger charge is -1.98. The number of fused-ring (bicyclic) bond motifs is 1. The fourth-order valence-electron chi connectivity index (χ4n) is 1.80. The summed E-state index contributed by atoms with van der Waals surface area (Å²) in [7, 11) is 0. The van der Waals surface area contributed by atoms with Crippen LogP contribution in [0.4, 0.5) is 5.82 Å². The predicted molar refractivity (Wildman–Crippen MR) is 71.2 cm³/mol. The monoisotopic (exact) mass is 259 g/mol. The van der Waals surface area contributed by atoms with Crippen molar-refractivity contribution in [1.29, 1.82) is 0 Å². The molecule has 0 unspecified atom stereocenters. The van der Waals surface area contributed by atoms with E-state index < -0.39 is 0 Å². The van der Waals surface area contributed by atoms with Crippen LogP contribution in [-0.2, 0) is 0 Å². The molecule has 18 heavy (non-hydrogen) atoms. The van der Waals surface area contributed by atoms with Crippen LogP contribution in [0.5, 0.6) is 0 Å². The van der Waals surface area contributed by atoms with Gasteiger partial charge in [-0.05, 0) is 18.2 Å². The first-order valence-corrected chi connectivity index (χ1v) is 5.72. The highest BCUT2D eigenvalue weighted by Crippen LogP contribution is 2.23. The predicted octanol–water partition coefficient (Wildman–Crippen LogP) is 2.34. The first-order chi connectivity index (χ1) is 8.78. The first-order valence-electron chi connectivity index (χ1n) is 5.35. The van der Waals surface area contributed by atoms with E-state index in [0.717, 1.165) is 16.8 Å². The molecule has 90 valence electrons. The number of anilines is 1. The van der Waals surface area contributed by atoms with Crippen molar-refractivity contribution >= 4 is 22.9 Å². The first kappa shape index (κ1) is 11.0. The van der Waals surface area contributed by atoms with Gasteiger partial charge in [0.15, 0.2) is 5.82 Å². The maximum Gasteiger partial charge on any atom is 0.166 e. The van der Waals surface area contributed by atoms with Crippen LogP contribution in [-0.4, -0.2) is 14.6 Å². The normalized spacial score (nSPS) is 10.8. The maximum absolute atomic E-state index is 5.86. The second-order valence-corrected chi connectivity index (χ2v) is 4.22. The number of nitrogens with one attached hydrogen (secondary N) is 1. The Morgan fingerprint density at radius 2 is 2.00 bits per heavy atom. The maximum atomic E-state index is 5.86. The number of nitrogens with two attached hydrogens (primary N) is 1. The van der Waals surface area contributed by atoms with E-state index in [1.165, 1.54) is 0 Å². The number of nitrogen functional groups attached to an aromatic ring is 1. The molecule has 2 heterocycles. The van der Waals surface area contributed by atoms with Gasteiger partial charge in [-0.25, -0.2) is 15.3 Å². The Bertz CT molecular complexity index is 689. The van der Waals surface area contributed by atoms with Gasteiger partial charge in [0.1, 0.15) is 5.52 Å². The molecule has 3 N–H and O–H groups in total. The Morgan fingerprint density at radius 1 is 1.22 bits per heavy atom. The summed E-state index contributed by atoms with van der Waals surface area (Å²) >= 11 is 5.86. The molecular weight excluding hydrogens is 250 g/mol. The van der Waals surface area contributed by atoms with Gasteiger partial charge in [0.25, 0.3) is 0 Å². The fraction of sp³-hybridized carbons (Fsp3) is 0. The Labute approximate surface area is 108 Å². The van der Waals surface area contributed by atoms with Gasteiger partial charge in [-0.15, -0.1) is 0 Å². The molecule has 0 atom stereocenters. The summed E-state index contributed by atoms with van der Waals surface area (Å²) < 4.78 is 1.73. The summed E-state index contributed by atoms with van der Waals surface area (Å²) in [6, 6.07) is 9.44. The van der Waals surface area contributed by atoms with Crippen LogP contribution in [0.3, 0.4) is 0 Å². The molecule has 0 aliphatic carbocycles. The third-order valence-corrected chi connectivity index (χ3v) is 2.92. The lowest BCUT2D eigenvalue weighted by atomic mass is 10.1. The molecule has 0 fully saturated rings. The summed E-state index contributed by atoms with van der Waals surface area (Å²) in [5.74, 6) is 6.00. The van der Waals surface area contributed by atoms with Gasteiger partial charge in [-0.1, -0.05) is 23.7 Å². The van der Waals surface area contributed by atoms with Crippen LogP contribution >= 0.6 is 11.6 Å². The summed E-state index contributed by atoms with van der Waals surface area (Å²) in [5, 5.41) is 5.16. The third-order valence-electron chi connectivity index (χ3n) is 2.67. The van der Waals surface area contributed by atoms with E-state index in [0.29, 0.717) is 10.8 Å². The van der Waals surface area contributed by atoms with Crippen molar-refractivity contribution in [3.05, 3.63) is 47.7 Å². The SMILES string of the molecule is NNc1nccn2nc(-c3ccc(Cl)cc3)cc12. The molecule has 5 nitrogen and oxygen atoms in total. The van der Waals surface area contributed by atoms with E-state index in [1.54, 1.807) is 16.9 Å². The van der Waals surface area contributed by atoms with Crippen LogP contribution in [0.2, 0.25) is 5.02 Å². The molecule has 0 saturated heterocycles. The number of hydrazine groups is 1. The summed E-state index contributed by atoms with van der Waals surface area (Å²) in [6.07, 6.45) is 3.41. The Morgan fingerprint density at radius 3 is 2.72 bits per heavy atom. The van der Waals surface area contributed by atoms with Crippen LogP contribution in [0, 0.1) is 0 Å². The van der Waals surface area contributed by atoms with Gasteiger partial charge >= 0.3 is 0 Å². The van der Waals surface area contributed by atoms with E-state index in [1.807, 2.05) is 30.3 Å². The third kappa shape index (κ3) is 1.79. The molecule has 3 rings (SSSR count). The molecule has 0 aliphatic rings. The van der Waals surface area contributed by atoms with E-state index in [9.17, 15) is 0 Å². The van der Waals surface area contributed by atoms with Crippen molar-refractivity contribution in [3.8, 4) is 11.3 Å². The number of nitrogens with zero attached hydrogens (tertiary/aromatic N) is 3. The van der Waals surface area contributed by atoms with Crippen molar-refractivity contribution in [2.45, 2.75) is 0 Å². The van der Waals surface area contributed by atoms with Gasteiger partial charge in [-0.2, -0.15) is 5.10 Å². The largest absolute Gasteiger partial charge is 0.307 e. The molecule has 0 aliphatic heterocycles. The van der Waals surface area contributed by atoms with Crippen molar-refractivity contribution in [2.24, 2.45) is 5.84 Å². The average molecular weight is 260 g/mol. The minimum atomic E-state index is 0.588. The highest BCUT2D eigenvalue weighted by molar-refractivity contribution is 6.30. The highest BCUT2D eigenvalue weighted by Gasteiger charge is 2.07. The fourth-order valence-corrected chi connectivity index (χ4v) is 1.92. The molecule has 6 heteroatoms. The average Bonchev–Trinajstić information content (AvgIpc) is 2.83. The van der Waals surface area contributed by atoms with Gasteiger partial charge in [-0.3, -0.25) is 0 Å². The topological polar surface area (TPSA) is 68.2 Å². The van der Waals surface area contributed by atoms with Gasteiger partial charge < -0.3 is 5.43 Å². The van der Waals surface area contributed by atoms with Crippen molar-refractivity contribution in [3.63, 3.8) is 0 Å². The Kier molecular flexibility index (Phi) is 2.62. The van der Waals surface area contributed by atoms with Gasteiger partial charge in [0.2, 0.25) is 0 Å². The molecule has 2 aromatic heterocycles. The zero-order valence-electron chi connectivity index (χ0n) is 9.34. The van der Waals surface area contributed by atoms with Crippen LogP contribution < -0.4 is 11.3 Å². The van der Waals surface area contributed by atoms with E-state index in [2.05, 4.69) is 15.5 Å². The molecule has 0 radical (unpaired) electrons. The highest BCUT2D eigenvalue weighted by atomic mass is 35.5. The lowest BCUT2D eigenvalue weighted by Crippen LogP contribution is -2.09. The molecule has 0 bridgehead atoms. The number of aromatic nitrogens is 3. The summed E-state index contributed by atoms with van der Waals surface area (Å²) in [5.41, 5.74) is 5.21. The minimum absolute atomic E-state index is 0.588. The van der Waals surface area contributed by atoms with Crippen molar-refractivity contribution < 1.29 is 0 Å². The number of rotatable bonds is 2. The number of benzene rings is 1. The molecule has 0 amide bonds. The van der Waals surface area contributed by atoms with Crippen LogP contribution in [0.15, 0.2) is 42.7 Å². The van der Waals surface area contributed by atoms with E-state index in [4.69, 9.17) is 17.4 Å². The molecule has 3 aromatic rings. The zero-order valence-corrected chi connectivity index (χ0v) is 10.1. The van der Waals surface area contributed by atoms with Crippen molar-refractivity contribution in [1.82, 2.24) is 14.6 Å². The van der Waals surface area contributed by atoms with Gasteiger partial charge in [0.05, 0.1) is 5.69 Å². The summed E-state index contributed by atoms with van der Waals surface area (Å²) in [4.78, 5) is 4.13. The van der Waals surface area contributed by atoms with E-state index >= 15 is 0 Å². The summed E-state index contributed by atoms with van der Waals surface area (Å²) in [6.45, 7) is 0. The number of hydrogen-bond donors (Lipinski definition) is 2. The Balaban J connectivity index is 2.16. The van der Waals surface area contributed by atoms with Crippen molar-refractivity contribution in [2.75, 3.05) is 5.43 Å². The molecule has 1 aromatic carbocycles. The second kappa shape index (κ2) is 4.29. The zero-order chi connectivity index (χ0) is 12.5. The standard InChI is InChI=1S/C12H10ClN5/c13-9-3-1-8(2-4-9)10-7-11-12(16-14)15-5-6-18(11)17-10/h1-7H,14H2,(H,15,16). The quantitative estimate of drug-likeness (QED) is 0.548. The minimum Gasteiger partial charge on any atom is -0.307 e. The van der Waals surface area contributed by atoms with Gasteiger partial charge in [0, 0.05) is 23.0 Å². The number of hydrogen-bond acceptors (Lipinski definition) is 4. The second-order valence-electron chi connectivity index (χ2n) is 3.79. The van der Waals surface area contributed by atoms with E-state index in [-0.39, 0.29) is 0 Å². The number of halogens is 1. The van der Waals surface area contributed by atoms with Crippen LogP contribution in [0.25, 0.3) is 16.8 Å². The molecule has 0 saturated carbocycles. The smallest absolute Gasteiger partial charge is 0.166 e. The lowest BCUT2D eigenvalue weighted by molar-refractivity contribution is 0.949.